The van der Waals surface area contributed by atoms with E-state index in [1.54, 1.807) is 0 Å². The first-order valence-electron chi connectivity index (χ1n) is 7.91. The van der Waals surface area contributed by atoms with Gasteiger partial charge in [0.2, 0.25) is 10.3 Å². The highest BCUT2D eigenvalue weighted by molar-refractivity contribution is 7.18. The van der Waals surface area contributed by atoms with Crippen LogP contribution in [-0.2, 0) is 6.42 Å². The van der Waals surface area contributed by atoms with E-state index in [0.717, 1.165) is 31.2 Å². The Kier molecular flexibility index (Phi) is 5.24. The van der Waals surface area contributed by atoms with Crippen molar-refractivity contribution in [3.8, 4) is 0 Å². The van der Waals surface area contributed by atoms with Gasteiger partial charge in [-0.1, -0.05) is 41.7 Å². The summed E-state index contributed by atoms with van der Waals surface area (Å²) < 4.78 is 0. The minimum Gasteiger partial charge on any atom is -0.374 e. The quantitative estimate of drug-likeness (QED) is 0.917. The molecule has 2 aromatic rings. The van der Waals surface area contributed by atoms with Gasteiger partial charge < -0.3 is 15.5 Å². The van der Waals surface area contributed by atoms with Crippen molar-refractivity contribution in [2.75, 3.05) is 43.4 Å². The van der Waals surface area contributed by atoms with E-state index in [2.05, 4.69) is 50.3 Å². The van der Waals surface area contributed by atoms with Gasteiger partial charge in [-0.2, -0.15) is 0 Å². The molecule has 118 valence electrons. The summed E-state index contributed by atoms with van der Waals surface area (Å²) in [6.07, 6.45) is 3.55. The van der Waals surface area contributed by atoms with Crippen molar-refractivity contribution in [1.82, 2.24) is 15.1 Å². The Balaban J connectivity index is 1.44. The zero-order valence-electron chi connectivity index (χ0n) is 12.8. The van der Waals surface area contributed by atoms with Crippen LogP contribution in [0.1, 0.15) is 18.4 Å². The number of nitrogens with two attached hydrogens (primary N) is 1. The number of nitrogen functional groups attached to an aromatic ring is 1. The number of aryl methyl sites for hydroxylation is 1. The fraction of sp³-hybridized carbons (Fsp3) is 0.500. The van der Waals surface area contributed by atoms with E-state index >= 15 is 0 Å². The topological polar surface area (TPSA) is 58.3 Å². The molecule has 0 amide bonds. The van der Waals surface area contributed by atoms with Crippen LogP contribution >= 0.6 is 11.3 Å². The average Bonchev–Trinajstić information content (AvgIpc) is 2.83. The van der Waals surface area contributed by atoms with Crippen LogP contribution < -0.4 is 10.6 Å². The van der Waals surface area contributed by atoms with Crippen molar-refractivity contribution in [3.63, 3.8) is 0 Å². The molecule has 1 fully saturated rings. The van der Waals surface area contributed by atoms with Gasteiger partial charge in [-0.3, -0.25) is 0 Å². The van der Waals surface area contributed by atoms with Gasteiger partial charge >= 0.3 is 0 Å². The minimum absolute atomic E-state index is 0.555. The molecule has 0 saturated carbocycles. The minimum atomic E-state index is 0.555. The maximum Gasteiger partial charge on any atom is 0.210 e. The molecule has 1 aliphatic heterocycles. The molecule has 1 aliphatic rings. The highest BCUT2D eigenvalue weighted by Crippen LogP contribution is 2.22. The third-order valence-electron chi connectivity index (χ3n) is 4.07. The molecule has 0 atom stereocenters. The van der Waals surface area contributed by atoms with Gasteiger partial charge in [0, 0.05) is 19.6 Å². The van der Waals surface area contributed by atoms with Crippen molar-refractivity contribution in [2.24, 2.45) is 0 Å². The molecule has 6 heteroatoms. The first-order chi connectivity index (χ1) is 10.8. The second-order valence-electron chi connectivity index (χ2n) is 5.69. The summed E-state index contributed by atoms with van der Waals surface area (Å²) in [5, 5.41) is 9.59. The van der Waals surface area contributed by atoms with E-state index < -0.39 is 0 Å². The Hall–Kier alpha value is -1.66. The molecule has 22 heavy (non-hydrogen) atoms. The molecule has 3 rings (SSSR count). The summed E-state index contributed by atoms with van der Waals surface area (Å²) in [4.78, 5) is 4.87. The second kappa shape index (κ2) is 7.56. The number of anilines is 2. The second-order valence-corrected chi connectivity index (χ2v) is 6.68. The van der Waals surface area contributed by atoms with Crippen LogP contribution in [0, 0.1) is 0 Å². The van der Waals surface area contributed by atoms with E-state index in [4.69, 9.17) is 5.73 Å². The number of nitrogens with zero attached hydrogens (tertiary/aromatic N) is 4. The number of hydrogen-bond acceptors (Lipinski definition) is 6. The Bertz CT molecular complexity index is 571. The van der Waals surface area contributed by atoms with Crippen molar-refractivity contribution in [1.29, 1.82) is 0 Å². The highest BCUT2D eigenvalue weighted by atomic mass is 32.1. The molecule has 5 nitrogen and oxygen atoms in total. The Morgan fingerprint density at radius 1 is 1.05 bits per heavy atom. The zero-order valence-corrected chi connectivity index (χ0v) is 13.6. The first-order valence-corrected chi connectivity index (χ1v) is 8.73. The summed E-state index contributed by atoms with van der Waals surface area (Å²) in [6, 6.07) is 10.7. The molecule has 1 saturated heterocycles. The Morgan fingerprint density at radius 3 is 2.68 bits per heavy atom. The van der Waals surface area contributed by atoms with Gasteiger partial charge in [0.15, 0.2) is 0 Å². The van der Waals surface area contributed by atoms with Gasteiger partial charge in [-0.25, -0.2) is 0 Å². The third-order valence-corrected chi connectivity index (χ3v) is 4.88. The average molecular weight is 317 g/mol. The summed E-state index contributed by atoms with van der Waals surface area (Å²) in [5.74, 6) is 0. The van der Waals surface area contributed by atoms with E-state index in [-0.39, 0.29) is 0 Å². The molecule has 2 heterocycles. The van der Waals surface area contributed by atoms with E-state index in [0.29, 0.717) is 5.13 Å². The lowest BCUT2D eigenvalue weighted by atomic mass is 10.1. The summed E-state index contributed by atoms with van der Waals surface area (Å²) in [5.41, 5.74) is 7.11. The molecular formula is C16H23N5S. The van der Waals surface area contributed by atoms with Crippen molar-refractivity contribution >= 4 is 21.6 Å². The first kappa shape index (κ1) is 15.2. The fourth-order valence-electron chi connectivity index (χ4n) is 2.89. The molecular weight excluding hydrogens is 294 g/mol. The molecule has 1 aromatic carbocycles. The molecule has 0 unspecified atom stereocenters. The lowest BCUT2D eigenvalue weighted by Crippen LogP contribution is -2.31. The van der Waals surface area contributed by atoms with Crippen LogP contribution in [-0.4, -0.2) is 47.8 Å². The highest BCUT2D eigenvalue weighted by Gasteiger charge is 2.17. The smallest absolute Gasteiger partial charge is 0.210 e. The van der Waals surface area contributed by atoms with Gasteiger partial charge in [0.25, 0.3) is 0 Å². The Labute approximate surface area is 135 Å². The summed E-state index contributed by atoms with van der Waals surface area (Å²) in [6.45, 7) is 5.48. The number of rotatable bonds is 5. The van der Waals surface area contributed by atoms with E-state index in [1.807, 2.05) is 0 Å². The van der Waals surface area contributed by atoms with Crippen LogP contribution in [0.5, 0.6) is 0 Å². The standard InChI is InChI=1S/C16H23N5S/c17-15-18-19-16(22-15)21-11-5-10-20(12-13-21)9-4-8-14-6-2-1-3-7-14/h1-3,6-7H,4-5,8-13H2,(H2,17,18). The van der Waals surface area contributed by atoms with Crippen LogP contribution in [0.3, 0.4) is 0 Å². The molecule has 0 aliphatic carbocycles. The molecule has 0 bridgehead atoms. The fourth-order valence-corrected chi connectivity index (χ4v) is 3.55. The lowest BCUT2D eigenvalue weighted by molar-refractivity contribution is 0.290. The SMILES string of the molecule is Nc1nnc(N2CCCN(CCCc3ccccc3)CC2)s1. The van der Waals surface area contributed by atoms with Gasteiger partial charge in [-0.05, 0) is 37.9 Å². The number of aromatic nitrogens is 2. The zero-order chi connectivity index (χ0) is 15.2. The van der Waals surface area contributed by atoms with Crippen LogP contribution in [0.15, 0.2) is 30.3 Å². The van der Waals surface area contributed by atoms with Crippen molar-refractivity contribution in [2.45, 2.75) is 19.3 Å². The maximum absolute atomic E-state index is 5.68. The van der Waals surface area contributed by atoms with Crippen molar-refractivity contribution < 1.29 is 0 Å². The third kappa shape index (κ3) is 4.18. The van der Waals surface area contributed by atoms with Gasteiger partial charge in [-0.15, -0.1) is 10.2 Å². The summed E-state index contributed by atoms with van der Waals surface area (Å²) >= 11 is 1.48. The molecule has 2 N–H and O–H groups in total. The normalized spacial score (nSPS) is 16.6. The molecule has 1 aromatic heterocycles. The predicted molar refractivity (Wildman–Crippen MR) is 92.4 cm³/mol. The van der Waals surface area contributed by atoms with Crippen LogP contribution in [0.25, 0.3) is 0 Å². The largest absolute Gasteiger partial charge is 0.374 e. The van der Waals surface area contributed by atoms with E-state index in [9.17, 15) is 0 Å². The summed E-state index contributed by atoms with van der Waals surface area (Å²) in [7, 11) is 0. The Morgan fingerprint density at radius 2 is 1.91 bits per heavy atom. The predicted octanol–water partition coefficient (Wildman–Crippen LogP) is 2.27. The van der Waals surface area contributed by atoms with Crippen LogP contribution in [0.2, 0.25) is 0 Å². The maximum atomic E-state index is 5.68. The van der Waals surface area contributed by atoms with Crippen LogP contribution in [0.4, 0.5) is 10.3 Å². The van der Waals surface area contributed by atoms with Crippen molar-refractivity contribution in [3.05, 3.63) is 35.9 Å². The number of hydrogen-bond donors (Lipinski definition) is 1. The molecule has 0 radical (unpaired) electrons. The number of benzene rings is 1. The van der Waals surface area contributed by atoms with Gasteiger partial charge in [0.1, 0.15) is 0 Å². The lowest BCUT2D eigenvalue weighted by Gasteiger charge is -2.21. The van der Waals surface area contributed by atoms with E-state index in [1.165, 1.54) is 42.8 Å². The monoisotopic (exact) mass is 317 g/mol. The van der Waals surface area contributed by atoms with Gasteiger partial charge in [0.05, 0.1) is 0 Å². The molecule has 0 spiro atoms.